The molecule has 12 heteroatoms. The number of alkyl halides is 3. The van der Waals surface area contributed by atoms with Crippen molar-refractivity contribution in [3.05, 3.63) is 95.7 Å². The minimum absolute atomic E-state index is 0.146. The van der Waals surface area contributed by atoms with E-state index in [0.29, 0.717) is 40.0 Å². The molecule has 0 saturated heterocycles. The maximum Gasteiger partial charge on any atom is 0.416 e. The molecule has 2 aromatic carbocycles. The van der Waals surface area contributed by atoms with Crippen molar-refractivity contribution in [1.82, 2.24) is 24.9 Å². The quantitative estimate of drug-likeness (QED) is 0.202. The summed E-state index contributed by atoms with van der Waals surface area (Å²) < 4.78 is 40.9. The minimum atomic E-state index is -4.65. The molecule has 0 atom stereocenters. The monoisotopic (exact) mass is 544 g/mol. The first-order valence-corrected chi connectivity index (χ1v) is 12.0. The summed E-state index contributed by atoms with van der Waals surface area (Å²) in [4.78, 5) is 32.8. The number of nitrogens with two attached hydrogens (primary N) is 1. The first-order valence-electron chi connectivity index (χ1n) is 12.0. The number of halogens is 3. The van der Waals surface area contributed by atoms with E-state index < -0.39 is 17.6 Å². The summed E-state index contributed by atoms with van der Waals surface area (Å²) in [6, 6.07) is 13.4. The average Bonchev–Trinajstić information content (AvgIpc) is 3.36. The number of aryl methyl sites for hydroxylation is 2. The fourth-order valence-electron chi connectivity index (χ4n) is 4.02. The molecule has 3 heterocycles. The summed E-state index contributed by atoms with van der Waals surface area (Å²) in [5.41, 5.74) is 8.52. The Morgan fingerprint density at radius 2 is 1.82 bits per heavy atom. The third-order valence-electron chi connectivity index (χ3n) is 6.02. The summed E-state index contributed by atoms with van der Waals surface area (Å²) >= 11 is 0. The highest BCUT2D eigenvalue weighted by atomic mass is 19.4. The van der Waals surface area contributed by atoms with Crippen molar-refractivity contribution in [2.24, 2.45) is 0 Å². The second kappa shape index (κ2) is 10.5. The summed E-state index contributed by atoms with van der Waals surface area (Å²) in [5.74, 6) is 0.320. The van der Waals surface area contributed by atoms with Crippen molar-refractivity contribution in [3.8, 4) is 22.6 Å². The zero-order chi connectivity index (χ0) is 28.4. The van der Waals surface area contributed by atoms with E-state index in [1.165, 1.54) is 12.4 Å². The maximum atomic E-state index is 13.6. The number of rotatable bonds is 6. The van der Waals surface area contributed by atoms with Gasteiger partial charge in [-0.05, 0) is 61.9 Å². The number of aromatic nitrogens is 5. The second-order valence-corrected chi connectivity index (χ2v) is 9.02. The highest BCUT2D eigenvalue weighted by Gasteiger charge is 2.32. The Morgan fingerprint density at radius 3 is 2.55 bits per heavy atom. The molecule has 202 valence electrons. The fourth-order valence-corrected chi connectivity index (χ4v) is 4.02. The van der Waals surface area contributed by atoms with Gasteiger partial charge in [-0.25, -0.2) is 19.9 Å². The van der Waals surface area contributed by atoms with Crippen molar-refractivity contribution >= 4 is 28.9 Å². The highest BCUT2D eigenvalue weighted by Crippen LogP contribution is 2.34. The molecule has 0 spiro atoms. The SMILES string of the molecule is Cc1c[nH]c(-c2cc(C(=O)Nc3ccc(C)c(Nc4ncccc4-c4cc(N)ncn4)c3)cc(C(F)(F)F)c2)n1. The standard InChI is InChI=1S/C28H23F3N8O/c1-15-5-6-20(11-22(15)39-26-21(4-3-7-33-26)23-12-24(32)36-14-35-23)38-27(40)18-8-17(25-34-13-16(2)37-25)9-19(10-18)28(29,30)31/h3-14H,1-2H3,(H,33,39)(H,34,37)(H,38,40)(H2,32,35,36). The van der Waals surface area contributed by atoms with E-state index in [1.807, 2.05) is 13.0 Å². The number of hydrogen-bond donors (Lipinski definition) is 4. The number of imidazole rings is 1. The molecule has 9 nitrogen and oxygen atoms in total. The van der Waals surface area contributed by atoms with Crippen LogP contribution in [0.4, 0.5) is 36.2 Å². The summed E-state index contributed by atoms with van der Waals surface area (Å²) in [5, 5.41) is 5.94. The molecule has 5 aromatic rings. The van der Waals surface area contributed by atoms with Gasteiger partial charge in [0, 0.05) is 46.5 Å². The Labute approximate surface area is 226 Å². The van der Waals surface area contributed by atoms with E-state index in [-0.39, 0.29) is 17.0 Å². The molecule has 0 saturated carbocycles. The summed E-state index contributed by atoms with van der Waals surface area (Å²) in [6.45, 7) is 3.57. The smallest absolute Gasteiger partial charge is 0.384 e. The Kier molecular flexibility index (Phi) is 6.91. The van der Waals surface area contributed by atoms with Crippen molar-refractivity contribution in [1.29, 1.82) is 0 Å². The van der Waals surface area contributed by atoms with Gasteiger partial charge in [-0.1, -0.05) is 6.07 Å². The zero-order valence-corrected chi connectivity index (χ0v) is 21.3. The van der Waals surface area contributed by atoms with Crippen LogP contribution in [0.3, 0.4) is 0 Å². The minimum Gasteiger partial charge on any atom is -0.384 e. The van der Waals surface area contributed by atoms with Crippen LogP contribution in [0.1, 0.15) is 27.2 Å². The van der Waals surface area contributed by atoms with E-state index in [2.05, 4.69) is 35.6 Å². The molecular formula is C28H23F3N8O. The van der Waals surface area contributed by atoms with Gasteiger partial charge in [-0.15, -0.1) is 0 Å². The number of nitrogen functional groups attached to an aromatic ring is 1. The number of H-pyrrole nitrogens is 1. The first-order chi connectivity index (χ1) is 19.1. The second-order valence-electron chi connectivity index (χ2n) is 9.02. The number of benzene rings is 2. The van der Waals surface area contributed by atoms with Gasteiger partial charge in [0.25, 0.3) is 5.91 Å². The number of carbonyl (C=O) groups excluding carboxylic acids is 1. The van der Waals surface area contributed by atoms with Crippen LogP contribution in [0.2, 0.25) is 0 Å². The van der Waals surface area contributed by atoms with Crippen LogP contribution in [0.15, 0.2) is 73.3 Å². The van der Waals surface area contributed by atoms with Crippen LogP contribution in [0.5, 0.6) is 0 Å². The molecule has 0 radical (unpaired) electrons. The number of pyridine rings is 1. The molecule has 0 fully saturated rings. The molecule has 40 heavy (non-hydrogen) atoms. The maximum absolute atomic E-state index is 13.6. The van der Waals surface area contributed by atoms with Crippen molar-refractivity contribution in [2.45, 2.75) is 20.0 Å². The molecule has 0 aliphatic rings. The lowest BCUT2D eigenvalue weighted by Crippen LogP contribution is -2.15. The molecule has 5 rings (SSSR count). The third-order valence-corrected chi connectivity index (χ3v) is 6.02. The fraction of sp³-hybridized carbons (Fsp3) is 0.107. The molecule has 0 unspecified atom stereocenters. The lowest BCUT2D eigenvalue weighted by molar-refractivity contribution is -0.137. The Bertz CT molecular complexity index is 1710. The number of aromatic amines is 1. The Balaban J connectivity index is 1.44. The van der Waals surface area contributed by atoms with Crippen LogP contribution in [0, 0.1) is 13.8 Å². The molecule has 0 bridgehead atoms. The van der Waals surface area contributed by atoms with Crippen molar-refractivity contribution in [2.75, 3.05) is 16.4 Å². The van der Waals surface area contributed by atoms with E-state index >= 15 is 0 Å². The largest absolute Gasteiger partial charge is 0.416 e. The van der Waals surface area contributed by atoms with Crippen LogP contribution in [-0.2, 0) is 6.18 Å². The number of anilines is 4. The summed E-state index contributed by atoms with van der Waals surface area (Å²) in [7, 11) is 0. The molecule has 3 aromatic heterocycles. The van der Waals surface area contributed by atoms with Crippen LogP contribution >= 0.6 is 0 Å². The Morgan fingerprint density at radius 1 is 1.00 bits per heavy atom. The van der Waals surface area contributed by atoms with Gasteiger partial charge >= 0.3 is 6.18 Å². The van der Waals surface area contributed by atoms with E-state index in [1.54, 1.807) is 49.6 Å². The zero-order valence-electron chi connectivity index (χ0n) is 21.3. The van der Waals surface area contributed by atoms with Gasteiger partial charge in [0.05, 0.1) is 17.0 Å². The van der Waals surface area contributed by atoms with Gasteiger partial charge in [0.1, 0.15) is 23.8 Å². The van der Waals surface area contributed by atoms with Crippen molar-refractivity contribution in [3.63, 3.8) is 0 Å². The van der Waals surface area contributed by atoms with Gasteiger partial charge in [-0.2, -0.15) is 13.2 Å². The van der Waals surface area contributed by atoms with Crippen LogP contribution in [0.25, 0.3) is 22.6 Å². The predicted molar refractivity (Wildman–Crippen MR) is 146 cm³/mol. The van der Waals surface area contributed by atoms with E-state index in [0.717, 1.165) is 17.7 Å². The molecular weight excluding hydrogens is 521 g/mol. The van der Waals surface area contributed by atoms with Gasteiger partial charge in [-0.3, -0.25) is 4.79 Å². The number of amides is 1. The third kappa shape index (κ3) is 5.75. The lowest BCUT2D eigenvalue weighted by atomic mass is 10.0. The molecule has 0 aliphatic carbocycles. The number of hydrogen-bond acceptors (Lipinski definition) is 7. The van der Waals surface area contributed by atoms with E-state index in [4.69, 9.17) is 5.73 Å². The topological polar surface area (TPSA) is 134 Å². The molecule has 1 amide bonds. The van der Waals surface area contributed by atoms with Gasteiger partial charge in [0.15, 0.2) is 0 Å². The predicted octanol–water partition coefficient (Wildman–Crippen LogP) is 6.14. The lowest BCUT2D eigenvalue weighted by Gasteiger charge is -2.15. The number of carbonyl (C=O) groups is 1. The number of nitrogens with one attached hydrogen (secondary N) is 3. The average molecular weight is 545 g/mol. The summed E-state index contributed by atoms with van der Waals surface area (Å²) in [6.07, 6.45) is -0.108. The molecule has 5 N–H and O–H groups in total. The molecule has 0 aliphatic heterocycles. The first kappa shape index (κ1) is 26.4. The van der Waals surface area contributed by atoms with Crippen molar-refractivity contribution < 1.29 is 18.0 Å². The number of nitrogens with zero attached hydrogens (tertiary/aromatic N) is 4. The van der Waals surface area contributed by atoms with Gasteiger partial charge in [0.2, 0.25) is 0 Å². The highest BCUT2D eigenvalue weighted by molar-refractivity contribution is 6.05. The van der Waals surface area contributed by atoms with Crippen LogP contribution < -0.4 is 16.4 Å². The van der Waals surface area contributed by atoms with Crippen LogP contribution in [-0.4, -0.2) is 30.8 Å². The van der Waals surface area contributed by atoms with Gasteiger partial charge < -0.3 is 21.4 Å². The van der Waals surface area contributed by atoms with E-state index in [9.17, 15) is 18.0 Å². The Hall–Kier alpha value is -5.26. The normalized spacial score (nSPS) is 11.3.